The third kappa shape index (κ3) is 4.37. The standard InChI is InChI=1S/C20H21BrN4O2/c1-13-18(15-8-10-16(21)11-9-15)19(25(2)24-13)23-20(27)22-17(12-26)14-6-4-3-5-7-14/h3-11,17,26H,12H2,1-2H3,(H2,22,23,27)/t17-/m1/s1. The molecule has 3 N–H and O–H groups in total. The third-order valence-corrected chi connectivity index (χ3v) is 4.81. The number of benzene rings is 2. The Morgan fingerprint density at radius 3 is 2.48 bits per heavy atom. The molecule has 7 heteroatoms. The summed E-state index contributed by atoms with van der Waals surface area (Å²) in [5.41, 5.74) is 3.47. The van der Waals surface area contributed by atoms with E-state index in [0.29, 0.717) is 5.82 Å². The second-order valence-corrected chi connectivity index (χ2v) is 7.10. The summed E-state index contributed by atoms with van der Waals surface area (Å²) in [6.45, 7) is 1.71. The molecule has 2 amide bonds. The van der Waals surface area contributed by atoms with Crippen LogP contribution in [0, 0.1) is 6.92 Å². The number of halogens is 1. The van der Waals surface area contributed by atoms with Crippen molar-refractivity contribution in [3.8, 4) is 11.1 Å². The molecule has 140 valence electrons. The number of hydrogen-bond acceptors (Lipinski definition) is 3. The predicted molar refractivity (Wildman–Crippen MR) is 110 cm³/mol. The van der Waals surface area contributed by atoms with Crippen LogP contribution in [0.2, 0.25) is 0 Å². The van der Waals surface area contributed by atoms with Crippen LogP contribution in [0.4, 0.5) is 10.6 Å². The van der Waals surface area contributed by atoms with Gasteiger partial charge in [0.05, 0.1) is 18.3 Å². The van der Waals surface area contributed by atoms with Gasteiger partial charge in [-0.1, -0.05) is 58.4 Å². The lowest BCUT2D eigenvalue weighted by atomic mass is 10.1. The number of aromatic nitrogens is 2. The largest absolute Gasteiger partial charge is 0.394 e. The lowest BCUT2D eigenvalue weighted by Gasteiger charge is -2.18. The predicted octanol–water partition coefficient (Wildman–Crippen LogP) is 4.01. The minimum Gasteiger partial charge on any atom is -0.394 e. The molecule has 0 saturated heterocycles. The van der Waals surface area contributed by atoms with Crippen LogP contribution in [0.1, 0.15) is 17.3 Å². The van der Waals surface area contributed by atoms with Crippen molar-refractivity contribution in [3.05, 3.63) is 70.3 Å². The quantitative estimate of drug-likeness (QED) is 0.574. The normalized spacial score (nSPS) is 11.9. The van der Waals surface area contributed by atoms with Gasteiger partial charge in [0, 0.05) is 17.1 Å². The number of aliphatic hydroxyl groups is 1. The molecule has 1 atom stereocenters. The molecule has 0 aliphatic carbocycles. The Hall–Kier alpha value is -2.64. The molecule has 2 aromatic carbocycles. The van der Waals surface area contributed by atoms with E-state index in [9.17, 15) is 9.90 Å². The van der Waals surface area contributed by atoms with Crippen molar-refractivity contribution in [2.75, 3.05) is 11.9 Å². The van der Waals surface area contributed by atoms with Crippen LogP contribution in [0.15, 0.2) is 59.1 Å². The number of nitrogens with one attached hydrogen (secondary N) is 2. The second-order valence-electron chi connectivity index (χ2n) is 6.18. The van der Waals surface area contributed by atoms with Gasteiger partial charge in [0.15, 0.2) is 0 Å². The van der Waals surface area contributed by atoms with Gasteiger partial charge in [0.2, 0.25) is 0 Å². The van der Waals surface area contributed by atoms with Gasteiger partial charge in [-0.2, -0.15) is 5.10 Å². The summed E-state index contributed by atoms with van der Waals surface area (Å²) < 4.78 is 2.62. The molecule has 3 aromatic rings. The molecular formula is C20H21BrN4O2. The van der Waals surface area contributed by atoms with Crippen LogP contribution < -0.4 is 10.6 Å². The molecule has 0 bridgehead atoms. The first-order valence-electron chi connectivity index (χ1n) is 8.52. The fraction of sp³-hybridized carbons (Fsp3) is 0.200. The summed E-state index contributed by atoms with van der Waals surface area (Å²) in [5.74, 6) is 0.595. The maximum absolute atomic E-state index is 12.6. The van der Waals surface area contributed by atoms with Crippen LogP contribution in [-0.4, -0.2) is 27.5 Å². The number of aliphatic hydroxyl groups excluding tert-OH is 1. The maximum atomic E-state index is 12.6. The molecule has 0 saturated carbocycles. The molecule has 1 aromatic heterocycles. The molecule has 0 fully saturated rings. The summed E-state index contributed by atoms with van der Waals surface area (Å²) in [6, 6.07) is 16.3. The van der Waals surface area contributed by atoms with E-state index in [1.165, 1.54) is 0 Å². The lowest BCUT2D eigenvalue weighted by Crippen LogP contribution is -2.35. The van der Waals surface area contributed by atoms with Crippen molar-refractivity contribution >= 4 is 27.8 Å². The topological polar surface area (TPSA) is 79.2 Å². The fourth-order valence-corrected chi connectivity index (χ4v) is 3.25. The number of hydrogen-bond donors (Lipinski definition) is 3. The molecule has 0 aliphatic rings. The van der Waals surface area contributed by atoms with Gasteiger partial charge in [-0.15, -0.1) is 0 Å². The molecule has 1 heterocycles. The minimum absolute atomic E-state index is 0.193. The smallest absolute Gasteiger partial charge is 0.320 e. The van der Waals surface area contributed by atoms with E-state index in [-0.39, 0.29) is 6.61 Å². The third-order valence-electron chi connectivity index (χ3n) is 4.28. The van der Waals surface area contributed by atoms with Gasteiger partial charge in [0.1, 0.15) is 5.82 Å². The molecule has 0 aliphatic heterocycles. The summed E-state index contributed by atoms with van der Waals surface area (Å²) in [7, 11) is 1.78. The van der Waals surface area contributed by atoms with Crippen LogP contribution in [0.25, 0.3) is 11.1 Å². The molecule has 0 spiro atoms. The molecule has 27 heavy (non-hydrogen) atoms. The average Bonchev–Trinajstić information content (AvgIpc) is 2.94. The van der Waals surface area contributed by atoms with E-state index in [4.69, 9.17) is 0 Å². The Morgan fingerprint density at radius 1 is 1.19 bits per heavy atom. The van der Waals surface area contributed by atoms with E-state index < -0.39 is 12.1 Å². The lowest BCUT2D eigenvalue weighted by molar-refractivity contribution is 0.225. The van der Waals surface area contributed by atoms with Crippen LogP contribution >= 0.6 is 15.9 Å². The van der Waals surface area contributed by atoms with Crippen LogP contribution in [0.5, 0.6) is 0 Å². The highest BCUT2D eigenvalue weighted by molar-refractivity contribution is 9.10. The number of rotatable bonds is 5. The SMILES string of the molecule is Cc1nn(C)c(NC(=O)N[C@H](CO)c2ccccc2)c1-c1ccc(Br)cc1. The summed E-state index contributed by atoms with van der Waals surface area (Å²) in [6.07, 6.45) is 0. The molecular weight excluding hydrogens is 408 g/mol. The van der Waals surface area contributed by atoms with Gasteiger partial charge < -0.3 is 10.4 Å². The molecule has 0 radical (unpaired) electrons. The van der Waals surface area contributed by atoms with E-state index >= 15 is 0 Å². The van der Waals surface area contributed by atoms with Crippen molar-refractivity contribution in [1.82, 2.24) is 15.1 Å². The Kier molecular flexibility index (Phi) is 5.93. The first-order valence-corrected chi connectivity index (χ1v) is 9.31. The Labute approximate surface area is 166 Å². The van der Waals surface area contributed by atoms with Gasteiger partial charge in [-0.3, -0.25) is 10.00 Å². The van der Waals surface area contributed by atoms with E-state index in [1.807, 2.05) is 61.5 Å². The number of aryl methyl sites for hydroxylation is 2. The van der Waals surface area contributed by atoms with E-state index in [0.717, 1.165) is 26.9 Å². The van der Waals surface area contributed by atoms with Crippen molar-refractivity contribution in [1.29, 1.82) is 0 Å². The number of nitrogens with zero attached hydrogens (tertiary/aromatic N) is 2. The zero-order chi connectivity index (χ0) is 19.4. The monoisotopic (exact) mass is 428 g/mol. The van der Waals surface area contributed by atoms with Gasteiger partial charge in [-0.05, 0) is 30.2 Å². The number of carbonyl (C=O) groups excluding carboxylic acids is 1. The number of urea groups is 1. The number of amides is 2. The molecule has 3 rings (SSSR count). The zero-order valence-corrected chi connectivity index (χ0v) is 16.7. The maximum Gasteiger partial charge on any atom is 0.320 e. The van der Waals surface area contributed by atoms with Crippen molar-refractivity contribution in [3.63, 3.8) is 0 Å². The highest BCUT2D eigenvalue weighted by Gasteiger charge is 2.19. The first-order chi connectivity index (χ1) is 13.0. The summed E-state index contributed by atoms with van der Waals surface area (Å²) >= 11 is 3.43. The fourth-order valence-electron chi connectivity index (χ4n) is 2.99. The minimum atomic E-state index is -0.489. The summed E-state index contributed by atoms with van der Waals surface area (Å²) in [5, 5.41) is 19.8. The van der Waals surface area contributed by atoms with Gasteiger partial charge >= 0.3 is 6.03 Å². The highest BCUT2D eigenvalue weighted by atomic mass is 79.9. The van der Waals surface area contributed by atoms with Gasteiger partial charge in [-0.25, -0.2) is 4.79 Å². The van der Waals surface area contributed by atoms with E-state index in [1.54, 1.807) is 11.7 Å². The zero-order valence-electron chi connectivity index (χ0n) is 15.1. The van der Waals surface area contributed by atoms with Crippen LogP contribution in [0.3, 0.4) is 0 Å². The van der Waals surface area contributed by atoms with Crippen molar-refractivity contribution in [2.45, 2.75) is 13.0 Å². The Bertz CT molecular complexity index is 923. The first kappa shape index (κ1) is 19.1. The van der Waals surface area contributed by atoms with Crippen molar-refractivity contribution in [2.24, 2.45) is 7.05 Å². The Morgan fingerprint density at radius 2 is 1.85 bits per heavy atom. The van der Waals surface area contributed by atoms with E-state index in [2.05, 4.69) is 31.7 Å². The van der Waals surface area contributed by atoms with Crippen molar-refractivity contribution < 1.29 is 9.90 Å². The number of carbonyl (C=O) groups is 1. The second kappa shape index (κ2) is 8.37. The summed E-state index contributed by atoms with van der Waals surface area (Å²) in [4.78, 5) is 12.6. The molecule has 0 unspecified atom stereocenters. The average molecular weight is 429 g/mol. The molecule has 6 nitrogen and oxygen atoms in total. The van der Waals surface area contributed by atoms with Gasteiger partial charge in [0.25, 0.3) is 0 Å². The Balaban J connectivity index is 1.83. The highest BCUT2D eigenvalue weighted by Crippen LogP contribution is 2.31. The van der Waals surface area contributed by atoms with Crippen LogP contribution in [-0.2, 0) is 7.05 Å². The number of anilines is 1.